The van der Waals surface area contributed by atoms with E-state index < -0.39 is 23.1 Å². The van der Waals surface area contributed by atoms with E-state index in [0.29, 0.717) is 19.3 Å². The predicted octanol–water partition coefficient (Wildman–Crippen LogP) is 7.23. The van der Waals surface area contributed by atoms with E-state index in [0.717, 1.165) is 41.8 Å². The lowest BCUT2D eigenvalue weighted by Crippen LogP contribution is -2.64. The molecular formula is C40H42FN3O5. The molecule has 2 N–H and O–H groups in total. The molecule has 4 aromatic rings. The Hall–Kier alpha value is -4.50. The van der Waals surface area contributed by atoms with E-state index in [4.69, 9.17) is 14.3 Å². The molecule has 9 heteroatoms. The van der Waals surface area contributed by atoms with Crippen LogP contribution in [0.5, 0.6) is 0 Å². The van der Waals surface area contributed by atoms with Gasteiger partial charge in [0.1, 0.15) is 5.82 Å². The number of nitrogens with one attached hydrogen (secondary N) is 1. The summed E-state index contributed by atoms with van der Waals surface area (Å²) < 4.78 is 27.3. The monoisotopic (exact) mass is 663 g/mol. The minimum atomic E-state index is -1.50. The molecule has 0 bridgehead atoms. The van der Waals surface area contributed by atoms with Gasteiger partial charge in [0.2, 0.25) is 5.76 Å². The number of hydrogen-bond acceptors (Lipinski definition) is 6. The van der Waals surface area contributed by atoms with Crippen molar-refractivity contribution in [3.05, 3.63) is 113 Å². The normalized spacial score (nSPS) is 32.1. The lowest BCUT2D eigenvalue weighted by molar-refractivity contribution is -0.182. The van der Waals surface area contributed by atoms with E-state index in [1.807, 2.05) is 55.1 Å². The molecule has 2 heterocycles. The Morgan fingerprint density at radius 1 is 1.08 bits per heavy atom. The highest BCUT2D eigenvalue weighted by molar-refractivity contribution is 5.93. The Morgan fingerprint density at radius 2 is 1.86 bits per heavy atom. The van der Waals surface area contributed by atoms with E-state index in [1.165, 1.54) is 24.0 Å². The number of furan rings is 1. The summed E-state index contributed by atoms with van der Waals surface area (Å²) in [7, 11) is 0. The van der Waals surface area contributed by atoms with E-state index in [1.54, 1.807) is 24.3 Å². The van der Waals surface area contributed by atoms with Crippen molar-refractivity contribution in [2.45, 2.75) is 77.0 Å². The third kappa shape index (κ3) is 4.83. The van der Waals surface area contributed by atoms with Crippen molar-refractivity contribution in [1.29, 1.82) is 0 Å². The molecular weight excluding hydrogens is 621 g/mol. The molecule has 3 saturated carbocycles. The molecule has 8 rings (SSSR count). The summed E-state index contributed by atoms with van der Waals surface area (Å²) in [5, 5.41) is 20.2. The van der Waals surface area contributed by atoms with Crippen molar-refractivity contribution < 1.29 is 28.2 Å². The van der Waals surface area contributed by atoms with E-state index in [9.17, 15) is 19.1 Å². The quantitative estimate of drug-likeness (QED) is 0.211. The van der Waals surface area contributed by atoms with Crippen LogP contribution in [0.4, 0.5) is 4.39 Å². The second kappa shape index (κ2) is 11.5. The van der Waals surface area contributed by atoms with Crippen LogP contribution in [0.1, 0.15) is 86.3 Å². The fourth-order valence-electron chi connectivity index (χ4n) is 10.3. The number of aliphatic hydroxyl groups is 1. The topological polar surface area (TPSA) is 107 Å². The van der Waals surface area contributed by atoms with Gasteiger partial charge in [-0.05, 0) is 122 Å². The van der Waals surface area contributed by atoms with Gasteiger partial charge in [-0.3, -0.25) is 4.79 Å². The highest BCUT2D eigenvalue weighted by atomic mass is 19.1. The van der Waals surface area contributed by atoms with Crippen molar-refractivity contribution in [3.8, 4) is 5.69 Å². The molecule has 0 aliphatic heterocycles. The molecule has 3 fully saturated rings. The number of hydrogen-bond donors (Lipinski definition) is 2. The van der Waals surface area contributed by atoms with Crippen LogP contribution in [-0.2, 0) is 16.0 Å². The largest absolute Gasteiger partial charge is 0.457 e. The van der Waals surface area contributed by atoms with E-state index >= 15 is 0 Å². The molecule has 2 aromatic heterocycles. The molecule has 8 nitrogen and oxygen atoms in total. The number of carbonyl (C=O) groups is 2. The number of benzene rings is 2. The standard InChI is InChI=1S/C40H42FN3O5/c1-24(25-8-5-4-6-9-25)43-37(47)40(49-36(46)34-10-7-19-48-34)18-17-31-30-16-11-27-20-32-26(23-42-44(32)29-14-12-28(41)13-15-29)21-38(27,2)35(30)33(45)22-39(31,40)3/h4-10,12-15,19-20,23-24,30-31,33,35,45H,11,16-18,21-22H2,1-3H3,(H,43,47)/t24-,30?,31?,33-,35?,38?,39?,40-/m0/s1. The van der Waals surface area contributed by atoms with Crippen molar-refractivity contribution in [2.75, 3.05) is 0 Å². The van der Waals surface area contributed by atoms with Gasteiger partial charge >= 0.3 is 5.97 Å². The first kappa shape index (κ1) is 31.7. The molecule has 2 aromatic carbocycles. The van der Waals surface area contributed by atoms with Crippen molar-refractivity contribution >= 4 is 18.0 Å². The van der Waals surface area contributed by atoms with Crippen molar-refractivity contribution in [1.82, 2.24) is 15.1 Å². The molecule has 4 aliphatic rings. The fourth-order valence-corrected chi connectivity index (χ4v) is 10.3. The lowest BCUT2D eigenvalue weighted by Gasteiger charge is -2.60. The van der Waals surface area contributed by atoms with Crippen LogP contribution in [0.15, 0.2) is 89.2 Å². The van der Waals surface area contributed by atoms with Crippen molar-refractivity contribution in [2.24, 2.45) is 28.6 Å². The lowest BCUT2D eigenvalue weighted by atomic mass is 9.45. The number of aliphatic hydroxyl groups excluding tert-OH is 1. The smallest absolute Gasteiger partial charge is 0.375 e. The number of esters is 1. The SMILES string of the molecule is C[C@H](NC(=O)[C@@]1(OC(=O)c2ccco2)CCC2C3CCC4=Cc5c(cnn5-c5ccc(F)cc5)CC4(C)C3[C@@H](O)CC21C)c1ccccc1. The van der Waals surface area contributed by atoms with Gasteiger partial charge < -0.3 is 19.6 Å². The van der Waals surface area contributed by atoms with Crippen LogP contribution < -0.4 is 5.32 Å². The molecule has 5 unspecified atom stereocenters. The van der Waals surface area contributed by atoms with Crippen LogP contribution in [-0.4, -0.2) is 38.5 Å². The third-order valence-corrected chi connectivity index (χ3v) is 12.6. The zero-order chi connectivity index (χ0) is 34.1. The maximum atomic E-state index is 14.6. The Kier molecular flexibility index (Phi) is 7.48. The number of ether oxygens (including phenoxy) is 1. The first-order chi connectivity index (χ1) is 23.5. The Bertz CT molecular complexity index is 1920. The van der Waals surface area contributed by atoms with Gasteiger partial charge in [0.05, 0.1) is 36.0 Å². The van der Waals surface area contributed by atoms with Crippen LogP contribution in [0.3, 0.4) is 0 Å². The van der Waals surface area contributed by atoms with Gasteiger partial charge in [-0.15, -0.1) is 0 Å². The van der Waals surface area contributed by atoms with E-state index in [2.05, 4.69) is 18.3 Å². The number of carbonyl (C=O) groups excluding carboxylic acids is 2. The Morgan fingerprint density at radius 3 is 2.59 bits per heavy atom. The number of halogens is 1. The first-order valence-electron chi connectivity index (χ1n) is 17.4. The zero-order valence-electron chi connectivity index (χ0n) is 28.1. The molecule has 254 valence electrons. The fraction of sp³-hybridized carbons (Fsp3) is 0.425. The minimum absolute atomic E-state index is 0.0451. The number of fused-ring (bicyclic) bond motifs is 6. The summed E-state index contributed by atoms with van der Waals surface area (Å²) in [5.74, 6) is -1.14. The summed E-state index contributed by atoms with van der Waals surface area (Å²) in [6.07, 6.45) is 8.63. The second-order valence-electron chi connectivity index (χ2n) is 15.1. The Labute approximate surface area is 285 Å². The Balaban J connectivity index is 1.13. The minimum Gasteiger partial charge on any atom is -0.457 e. The van der Waals surface area contributed by atoms with E-state index in [-0.39, 0.29) is 46.7 Å². The molecule has 0 radical (unpaired) electrons. The molecule has 49 heavy (non-hydrogen) atoms. The average molecular weight is 664 g/mol. The predicted molar refractivity (Wildman–Crippen MR) is 181 cm³/mol. The second-order valence-corrected chi connectivity index (χ2v) is 15.1. The maximum absolute atomic E-state index is 14.6. The van der Waals surface area contributed by atoms with Gasteiger partial charge in [0.15, 0.2) is 5.60 Å². The molecule has 4 aliphatic carbocycles. The number of nitrogens with zero attached hydrogens (tertiary/aromatic N) is 2. The molecule has 1 amide bonds. The van der Waals surface area contributed by atoms with Crippen molar-refractivity contribution in [3.63, 3.8) is 0 Å². The third-order valence-electron chi connectivity index (χ3n) is 12.6. The highest BCUT2D eigenvalue weighted by Crippen LogP contribution is 2.68. The van der Waals surface area contributed by atoms with Gasteiger partial charge in [0, 0.05) is 5.41 Å². The van der Waals surface area contributed by atoms with Gasteiger partial charge in [0.25, 0.3) is 5.91 Å². The number of amides is 1. The van der Waals surface area contributed by atoms with Gasteiger partial charge in [-0.1, -0.05) is 49.8 Å². The number of allylic oxidation sites excluding steroid dienone is 1. The van der Waals surface area contributed by atoms with Gasteiger partial charge in [-0.2, -0.15) is 5.10 Å². The average Bonchev–Trinajstić information content (AvgIpc) is 3.83. The first-order valence-corrected chi connectivity index (χ1v) is 17.4. The molecule has 0 saturated heterocycles. The summed E-state index contributed by atoms with van der Waals surface area (Å²) in [6, 6.07) is 19.0. The zero-order valence-corrected chi connectivity index (χ0v) is 28.1. The molecule has 8 atom stereocenters. The van der Waals surface area contributed by atoms with Gasteiger partial charge in [-0.25, -0.2) is 13.9 Å². The molecule has 0 spiro atoms. The maximum Gasteiger partial charge on any atom is 0.375 e. The van der Waals surface area contributed by atoms with Crippen LogP contribution >= 0.6 is 0 Å². The number of rotatable bonds is 6. The highest BCUT2D eigenvalue weighted by Gasteiger charge is 2.71. The summed E-state index contributed by atoms with van der Waals surface area (Å²) in [5.41, 5.74) is 2.51. The summed E-state index contributed by atoms with van der Waals surface area (Å²) in [4.78, 5) is 28.2. The van der Waals surface area contributed by atoms with Crippen LogP contribution in [0.2, 0.25) is 0 Å². The van der Waals surface area contributed by atoms with Crippen LogP contribution in [0, 0.1) is 34.4 Å². The summed E-state index contributed by atoms with van der Waals surface area (Å²) >= 11 is 0. The van der Waals surface area contributed by atoms with Crippen LogP contribution in [0.25, 0.3) is 11.8 Å². The summed E-state index contributed by atoms with van der Waals surface area (Å²) in [6.45, 7) is 6.25. The number of aromatic nitrogens is 2.